The predicted molar refractivity (Wildman–Crippen MR) is 212 cm³/mol. The Morgan fingerprint density at radius 3 is 1.48 bits per heavy atom. The monoisotopic (exact) mass is 732 g/mol. The number of quaternary nitrogens is 1. The fourth-order valence-electron chi connectivity index (χ4n) is 6.10. The molecule has 298 valence electrons. The quantitative estimate of drug-likeness (QED) is 0.0253. The molecule has 0 aromatic carbocycles. The molecule has 3 N–H and O–H groups in total. The van der Waals surface area contributed by atoms with Gasteiger partial charge in [-0.15, -0.1) is 0 Å². The lowest BCUT2D eigenvalue weighted by atomic mass is 10.0. The zero-order valence-electron chi connectivity index (χ0n) is 33.7. The molecule has 0 radical (unpaired) electrons. The van der Waals surface area contributed by atoms with E-state index in [1.807, 2.05) is 27.2 Å². The molecule has 0 bridgehead atoms. The number of allylic oxidation sites excluding steroid dienone is 1. The molecule has 0 aliphatic rings. The van der Waals surface area contributed by atoms with Crippen molar-refractivity contribution < 1.29 is 32.9 Å². The van der Waals surface area contributed by atoms with Crippen LogP contribution in [-0.2, 0) is 18.4 Å². The van der Waals surface area contributed by atoms with E-state index in [9.17, 15) is 19.4 Å². The van der Waals surface area contributed by atoms with E-state index >= 15 is 0 Å². The number of aliphatic hydroxyl groups is 1. The molecule has 0 aliphatic heterocycles. The molecule has 3 unspecified atom stereocenters. The lowest BCUT2D eigenvalue weighted by Crippen LogP contribution is -2.45. The van der Waals surface area contributed by atoms with Crippen molar-refractivity contribution in [2.45, 2.75) is 206 Å². The van der Waals surface area contributed by atoms with Crippen molar-refractivity contribution in [3.05, 3.63) is 12.2 Å². The van der Waals surface area contributed by atoms with Gasteiger partial charge in [0.1, 0.15) is 13.2 Å². The number of hydrogen-bond acceptors (Lipinski definition) is 5. The van der Waals surface area contributed by atoms with E-state index in [1.54, 1.807) is 6.08 Å². The molecule has 0 aromatic rings. The average Bonchev–Trinajstić information content (AvgIpc) is 3.06. The van der Waals surface area contributed by atoms with Crippen LogP contribution in [0.15, 0.2) is 12.2 Å². The van der Waals surface area contributed by atoms with Crippen LogP contribution < -0.4 is 5.32 Å². The second kappa shape index (κ2) is 34.0. The van der Waals surface area contributed by atoms with Crippen molar-refractivity contribution in [3.8, 4) is 0 Å². The van der Waals surface area contributed by atoms with Crippen LogP contribution in [0.3, 0.4) is 0 Å². The van der Waals surface area contributed by atoms with Crippen LogP contribution in [0.2, 0.25) is 0 Å². The lowest BCUT2D eigenvalue weighted by Gasteiger charge is -2.25. The highest BCUT2D eigenvalue weighted by Crippen LogP contribution is 2.43. The Kier molecular flexibility index (Phi) is 33.5. The van der Waals surface area contributed by atoms with Crippen LogP contribution in [0.5, 0.6) is 0 Å². The molecule has 0 fully saturated rings. The summed E-state index contributed by atoms with van der Waals surface area (Å²) in [5, 5.41) is 13.7. The number of amides is 1. The highest BCUT2D eigenvalue weighted by atomic mass is 31.2. The number of phosphoric ester groups is 1. The van der Waals surface area contributed by atoms with Gasteiger partial charge < -0.3 is 19.8 Å². The summed E-state index contributed by atoms with van der Waals surface area (Å²) in [7, 11) is 1.58. The van der Waals surface area contributed by atoms with E-state index in [2.05, 4.69) is 19.2 Å². The Balaban J connectivity index is 4.23. The number of phosphoric acid groups is 1. The van der Waals surface area contributed by atoms with Gasteiger partial charge in [-0.25, -0.2) is 4.57 Å². The van der Waals surface area contributed by atoms with E-state index < -0.39 is 20.0 Å². The van der Waals surface area contributed by atoms with Crippen LogP contribution in [0, 0.1) is 0 Å². The number of rotatable bonds is 38. The first kappa shape index (κ1) is 49.2. The van der Waals surface area contributed by atoms with Crippen LogP contribution >= 0.6 is 7.82 Å². The Morgan fingerprint density at radius 2 is 1.06 bits per heavy atom. The summed E-state index contributed by atoms with van der Waals surface area (Å²) in [6, 6.07) is -0.837. The molecular formula is C41H84N2O6P+. The predicted octanol–water partition coefficient (Wildman–Crippen LogP) is 11.2. The molecule has 9 heteroatoms. The van der Waals surface area contributed by atoms with Gasteiger partial charge in [-0.05, 0) is 19.3 Å². The number of carbonyl (C=O) groups is 1. The van der Waals surface area contributed by atoms with E-state index in [0.29, 0.717) is 17.4 Å². The van der Waals surface area contributed by atoms with Gasteiger partial charge in [0.15, 0.2) is 0 Å². The Hall–Kier alpha value is -0.760. The molecule has 3 atom stereocenters. The summed E-state index contributed by atoms with van der Waals surface area (Å²) in [4.78, 5) is 23.0. The summed E-state index contributed by atoms with van der Waals surface area (Å²) in [5.41, 5.74) is 0. The molecule has 0 saturated heterocycles. The number of unbranched alkanes of at least 4 members (excludes halogenated alkanes) is 25. The third-order valence-corrected chi connectivity index (χ3v) is 10.5. The maximum absolute atomic E-state index is 12.8. The van der Waals surface area contributed by atoms with Gasteiger partial charge in [-0.2, -0.15) is 0 Å². The molecule has 0 saturated carbocycles. The van der Waals surface area contributed by atoms with Crippen LogP contribution in [-0.4, -0.2) is 73.4 Å². The highest BCUT2D eigenvalue weighted by molar-refractivity contribution is 7.47. The topological polar surface area (TPSA) is 105 Å². The van der Waals surface area contributed by atoms with E-state index in [4.69, 9.17) is 9.05 Å². The molecule has 0 heterocycles. The molecule has 0 spiro atoms. The Bertz CT molecular complexity index is 834. The molecule has 8 nitrogen and oxygen atoms in total. The maximum atomic E-state index is 12.8. The molecule has 0 aliphatic carbocycles. The van der Waals surface area contributed by atoms with Gasteiger partial charge in [-0.3, -0.25) is 13.8 Å². The molecular weight excluding hydrogens is 647 g/mol. The van der Waals surface area contributed by atoms with E-state index in [0.717, 1.165) is 38.5 Å². The Labute approximate surface area is 310 Å². The van der Waals surface area contributed by atoms with Crippen molar-refractivity contribution in [1.29, 1.82) is 0 Å². The summed E-state index contributed by atoms with van der Waals surface area (Å²) >= 11 is 0. The normalized spacial score (nSPS) is 14.6. The molecule has 1 amide bonds. The zero-order valence-corrected chi connectivity index (χ0v) is 34.5. The van der Waals surface area contributed by atoms with Crippen molar-refractivity contribution in [2.75, 3.05) is 40.9 Å². The first-order valence-electron chi connectivity index (χ1n) is 21.1. The SMILES string of the molecule is CCCCCCCC/C=C/C(O)C(COP(=O)(O)OCC[N+](C)(C)C)NC(=O)CCCCCCCCCCCCCCCCCCCCCC. The number of carbonyl (C=O) groups excluding carboxylic acids is 1. The third kappa shape index (κ3) is 35.6. The summed E-state index contributed by atoms with van der Waals surface area (Å²) in [5.74, 6) is -0.178. The minimum Gasteiger partial charge on any atom is -0.387 e. The largest absolute Gasteiger partial charge is 0.472 e. The summed E-state index contributed by atoms with van der Waals surface area (Å²) < 4.78 is 23.4. The molecule has 0 rings (SSSR count). The minimum atomic E-state index is -4.32. The highest BCUT2D eigenvalue weighted by Gasteiger charge is 2.27. The number of nitrogens with zero attached hydrogens (tertiary/aromatic N) is 1. The van der Waals surface area contributed by atoms with Crippen LogP contribution in [0.25, 0.3) is 0 Å². The van der Waals surface area contributed by atoms with Gasteiger partial charge in [0.2, 0.25) is 5.91 Å². The fourth-order valence-corrected chi connectivity index (χ4v) is 6.84. The van der Waals surface area contributed by atoms with Crippen molar-refractivity contribution in [3.63, 3.8) is 0 Å². The third-order valence-electron chi connectivity index (χ3n) is 9.51. The van der Waals surface area contributed by atoms with Crippen LogP contribution in [0.4, 0.5) is 0 Å². The van der Waals surface area contributed by atoms with Gasteiger partial charge in [-0.1, -0.05) is 180 Å². The second-order valence-electron chi connectivity index (χ2n) is 15.7. The van der Waals surface area contributed by atoms with Crippen molar-refractivity contribution >= 4 is 13.7 Å². The molecule has 50 heavy (non-hydrogen) atoms. The van der Waals surface area contributed by atoms with E-state index in [1.165, 1.54) is 135 Å². The number of aliphatic hydroxyl groups excluding tert-OH is 1. The van der Waals surface area contributed by atoms with Gasteiger partial charge in [0.05, 0.1) is 39.9 Å². The van der Waals surface area contributed by atoms with Gasteiger partial charge in [0, 0.05) is 6.42 Å². The standard InChI is InChI=1S/C41H83N2O6P/c1-6-8-10-12-14-16-17-18-19-20-21-22-23-24-25-26-27-29-31-33-35-41(45)42-39(38-49-50(46,47)48-37-36-43(3,4)5)40(44)34-32-30-28-15-13-11-9-7-2/h32,34,39-40,44H,6-31,33,35-38H2,1-5H3,(H-,42,45,46,47)/p+1/b34-32+. The molecule has 0 aromatic heterocycles. The lowest BCUT2D eigenvalue weighted by molar-refractivity contribution is -0.870. The van der Waals surface area contributed by atoms with E-state index in [-0.39, 0.29) is 19.1 Å². The number of hydrogen-bond donors (Lipinski definition) is 3. The van der Waals surface area contributed by atoms with Crippen molar-refractivity contribution in [2.24, 2.45) is 0 Å². The summed E-state index contributed by atoms with van der Waals surface area (Å²) in [6.07, 6.45) is 37.2. The average molecular weight is 732 g/mol. The Morgan fingerprint density at radius 1 is 0.660 bits per heavy atom. The summed E-state index contributed by atoms with van der Waals surface area (Å²) in [6.45, 7) is 4.78. The van der Waals surface area contributed by atoms with Crippen LogP contribution in [0.1, 0.15) is 194 Å². The van der Waals surface area contributed by atoms with Gasteiger partial charge >= 0.3 is 7.82 Å². The number of likely N-dealkylation sites (N-methyl/N-ethyl adjacent to an activating group) is 1. The zero-order chi connectivity index (χ0) is 37.2. The first-order valence-corrected chi connectivity index (χ1v) is 22.6. The smallest absolute Gasteiger partial charge is 0.387 e. The maximum Gasteiger partial charge on any atom is 0.472 e. The minimum absolute atomic E-state index is 0.0639. The number of nitrogens with one attached hydrogen (secondary N) is 1. The van der Waals surface area contributed by atoms with Gasteiger partial charge in [0.25, 0.3) is 0 Å². The fraction of sp³-hybridized carbons (Fsp3) is 0.927. The first-order chi connectivity index (χ1) is 24.0. The second-order valence-corrected chi connectivity index (χ2v) is 17.2. The van der Waals surface area contributed by atoms with Crippen molar-refractivity contribution in [1.82, 2.24) is 5.32 Å².